The number of carbonyl (C=O) groups is 1. The number of benzene rings is 1. The summed E-state index contributed by atoms with van der Waals surface area (Å²) >= 11 is 1.96. The normalized spacial score (nSPS) is 16.7. The molecule has 0 aliphatic carbocycles. The van der Waals surface area contributed by atoms with Crippen LogP contribution in [0, 0.1) is 0 Å². The molecule has 2 heterocycles. The van der Waals surface area contributed by atoms with Crippen LogP contribution in [0.3, 0.4) is 0 Å². The number of carbonyl (C=O) groups excluding carboxylic acids is 1. The van der Waals surface area contributed by atoms with Gasteiger partial charge in [0.25, 0.3) is 0 Å². The fourth-order valence-electron chi connectivity index (χ4n) is 3.03. The Morgan fingerprint density at radius 2 is 2.04 bits per heavy atom. The van der Waals surface area contributed by atoms with Gasteiger partial charge in [0.2, 0.25) is 5.91 Å². The standard InChI is InChI=1S/C18H24N4OS/c1-21-14-15(13-20-21)7-8-19-18(23)17(16-5-3-2-4-6-16)22-9-11-24-12-10-22/h2-6,13-14,17H,7-12H2,1H3,(H,19,23). The highest BCUT2D eigenvalue weighted by atomic mass is 32.2. The molecule has 5 nitrogen and oxygen atoms in total. The van der Waals surface area contributed by atoms with E-state index in [0.29, 0.717) is 6.54 Å². The first-order valence-electron chi connectivity index (χ1n) is 8.36. The molecule has 2 aromatic rings. The van der Waals surface area contributed by atoms with Gasteiger partial charge in [-0.05, 0) is 17.5 Å². The van der Waals surface area contributed by atoms with Crippen molar-refractivity contribution in [2.24, 2.45) is 7.05 Å². The smallest absolute Gasteiger partial charge is 0.241 e. The Bertz CT molecular complexity index is 652. The lowest BCUT2D eigenvalue weighted by atomic mass is 10.0. The molecule has 1 N–H and O–H groups in total. The van der Waals surface area contributed by atoms with E-state index in [2.05, 4.69) is 15.3 Å². The molecule has 1 aromatic carbocycles. The molecule has 1 unspecified atom stereocenters. The van der Waals surface area contributed by atoms with E-state index in [0.717, 1.165) is 42.1 Å². The Labute approximate surface area is 147 Å². The monoisotopic (exact) mass is 344 g/mol. The van der Waals surface area contributed by atoms with Crippen molar-refractivity contribution >= 4 is 17.7 Å². The highest BCUT2D eigenvalue weighted by Crippen LogP contribution is 2.24. The predicted octanol–water partition coefficient (Wildman–Crippen LogP) is 1.87. The number of amides is 1. The van der Waals surface area contributed by atoms with Crippen molar-refractivity contribution in [3.05, 3.63) is 53.9 Å². The van der Waals surface area contributed by atoms with Crippen molar-refractivity contribution in [1.82, 2.24) is 20.0 Å². The number of hydrogen-bond donors (Lipinski definition) is 1. The van der Waals surface area contributed by atoms with E-state index in [9.17, 15) is 4.79 Å². The molecule has 3 rings (SSSR count). The first kappa shape index (κ1) is 17.0. The topological polar surface area (TPSA) is 50.2 Å². The second-order valence-electron chi connectivity index (χ2n) is 6.02. The van der Waals surface area contributed by atoms with Crippen molar-refractivity contribution in [2.45, 2.75) is 12.5 Å². The van der Waals surface area contributed by atoms with Gasteiger partial charge in [-0.2, -0.15) is 16.9 Å². The molecule has 0 radical (unpaired) electrons. The number of rotatable bonds is 6. The zero-order chi connectivity index (χ0) is 16.8. The van der Waals surface area contributed by atoms with Gasteiger partial charge < -0.3 is 5.32 Å². The van der Waals surface area contributed by atoms with Crippen LogP contribution in [0.1, 0.15) is 17.2 Å². The van der Waals surface area contributed by atoms with E-state index < -0.39 is 0 Å². The van der Waals surface area contributed by atoms with Crippen LogP contribution in [0.15, 0.2) is 42.7 Å². The van der Waals surface area contributed by atoms with Crippen LogP contribution in [-0.4, -0.2) is 51.7 Å². The molecule has 1 saturated heterocycles. The van der Waals surface area contributed by atoms with Gasteiger partial charge in [0, 0.05) is 44.4 Å². The summed E-state index contributed by atoms with van der Waals surface area (Å²) in [4.78, 5) is 15.2. The maximum Gasteiger partial charge on any atom is 0.241 e. The highest BCUT2D eigenvalue weighted by molar-refractivity contribution is 7.99. The van der Waals surface area contributed by atoms with Crippen molar-refractivity contribution in [1.29, 1.82) is 0 Å². The number of hydrogen-bond acceptors (Lipinski definition) is 4. The summed E-state index contributed by atoms with van der Waals surface area (Å²) in [6, 6.07) is 9.90. The molecule has 1 aliphatic rings. The maximum atomic E-state index is 12.9. The van der Waals surface area contributed by atoms with Gasteiger partial charge in [-0.15, -0.1) is 0 Å². The van der Waals surface area contributed by atoms with Gasteiger partial charge in [0.05, 0.1) is 6.20 Å². The average Bonchev–Trinajstić information content (AvgIpc) is 3.02. The number of aryl methyl sites for hydroxylation is 1. The Kier molecular flexibility index (Phi) is 5.93. The Hall–Kier alpha value is -1.79. The Morgan fingerprint density at radius 3 is 2.71 bits per heavy atom. The van der Waals surface area contributed by atoms with E-state index in [1.54, 1.807) is 4.68 Å². The van der Waals surface area contributed by atoms with Gasteiger partial charge in [-0.1, -0.05) is 30.3 Å². The zero-order valence-corrected chi connectivity index (χ0v) is 14.8. The fourth-order valence-corrected chi connectivity index (χ4v) is 3.96. The minimum Gasteiger partial charge on any atom is -0.354 e. The average molecular weight is 344 g/mol. The van der Waals surface area contributed by atoms with E-state index in [-0.39, 0.29) is 11.9 Å². The van der Waals surface area contributed by atoms with Gasteiger partial charge >= 0.3 is 0 Å². The third-order valence-electron chi connectivity index (χ3n) is 4.25. The Balaban J connectivity index is 1.64. The van der Waals surface area contributed by atoms with Crippen LogP contribution in [0.25, 0.3) is 0 Å². The van der Waals surface area contributed by atoms with Crippen molar-refractivity contribution < 1.29 is 4.79 Å². The van der Waals surface area contributed by atoms with Crippen LogP contribution >= 0.6 is 11.8 Å². The van der Waals surface area contributed by atoms with Crippen molar-refractivity contribution in [2.75, 3.05) is 31.1 Å². The maximum absolute atomic E-state index is 12.9. The number of nitrogens with zero attached hydrogens (tertiary/aromatic N) is 3. The first-order chi connectivity index (χ1) is 11.7. The van der Waals surface area contributed by atoms with Crippen LogP contribution in [0.4, 0.5) is 0 Å². The van der Waals surface area contributed by atoms with Crippen molar-refractivity contribution in [3.63, 3.8) is 0 Å². The lowest BCUT2D eigenvalue weighted by Crippen LogP contribution is -2.44. The van der Waals surface area contributed by atoms with Crippen molar-refractivity contribution in [3.8, 4) is 0 Å². The van der Waals surface area contributed by atoms with E-state index >= 15 is 0 Å². The molecule has 1 aromatic heterocycles. The summed E-state index contributed by atoms with van der Waals surface area (Å²) in [5, 5.41) is 7.28. The lowest BCUT2D eigenvalue weighted by Gasteiger charge is -2.33. The molecule has 0 saturated carbocycles. The molecular weight excluding hydrogens is 320 g/mol. The second-order valence-corrected chi connectivity index (χ2v) is 7.25. The molecular formula is C18H24N4OS. The number of nitrogens with one attached hydrogen (secondary N) is 1. The predicted molar refractivity (Wildman–Crippen MR) is 98.0 cm³/mol. The highest BCUT2D eigenvalue weighted by Gasteiger charge is 2.28. The lowest BCUT2D eigenvalue weighted by molar-refractivity contribution is -0.126. The summed E-state index contributed by atoms with van der Waals surface area (Å²) in [7, 11) is 1.90. The quantitative estimate of drug-likeness (QED) is 0.869. The van der Waals surface area contributed by atoms with E-state index in [4.69, 9.17) is 0 Å². The number of thioether (sulfide) groups is 1. The summed E-state index contributed by atoms with van der Waals surface area (Å²) < 4.78 is 1.79. The summed E-state index contributed by atoms with van der Waals surface area (Å²) in [6.07, 6.45) is 4.64. The minimum absolute atomic E-state index is 0.0944. The summed E-state index contributed by atoms with van der Waals surface area (Å²) in [5.74, 6) is 2.27. The van der Waals surface area contributed by atoms with E-state index in [1.165, 1.54) is 0 Å². The van der Waals surface area contributed by atoms with Crippen LogP contribution in [0.2, 0.25) is 0 Å². The van der Waals surface area contributed by atoms with Gasteiger partial charge in [0.1, 0.15) is 6.04 Å². The number of aromatic nitrogens is 2. The molecule has 0 bridgehead atoms. The molecule has 1 fully saturated rings. The van der Waals surface area contributed by atoms with Crippen LogP contribution in [-0.2, 0) is 18.3 Å². The summed E-state index contributed by atoms with van der Waals surface area (Å²) in [6.45, 7) is 2.55. The molecule has 0 spiro atoms. The SMILES string of the molecule is Cn1cc(CCNC(=O)C(c2ccccc2)N2CCSCC2)cn1. The Morgan fingerprint density at radius 1 is 1.29 bits per heavy atom. The molecule has 6 heteroatoms. The zero-order valence-electron chi connectivity index (χ0n) is 14.0. The first-order valence-corrected chi connectivity index (χ1v) is 9.51. The molecule has 1 aliphatic heterocycles. The summed E-state index contributed by atoms with van der Waals surface area (Å²) in [5.41, 5.74) is 2.21. The molecule has 128 valence electrons. The minimum atomic E-state index is -0.194. The third-order valence-corrected chi connectivity index (χ3v) is 5.19. The van der Waals surface area contributed by atoms with E-state index in [1.807, 2.05) is 61.5 Å². The third kappa shape index (κ3) is 4.39. The van der Waals surface area contributed by atoms with Gasteiger partial charge in [-0.3, -0.25) is 14.4 Å². The van der Waals surface area contributed by atoms with Gasteiger partial charge in [-0.25, -0.2) is 0 Å². The van der Waals surface area contributed by atoms with Crippen LogP contribution in [0.5, 0.6) is 0 Å². The largest absolute Gasteiger partial charge is 0.354 e. The van der Waals surface area contributed by atoms with Crippen LogP contribution < -0.4 is 5.32 Å². The molecule has 1 atom stereocenters. The second kappa shape index (κ2) is 8.35. The van der Waals surface area contributed by atoms with Gasteiger partial charge in [0.15, 0.2) is 0 Å². The fraction of sp³-hybridized carbons (Fsp3) is 0.444. The molecule has 1 amide bonds. The molecule has 24 heavy (non-hydrogen) atoms.